The lowest BCUT2D eigenvalue weighted by molar-refractivity contribution is -0.117. The van der Waals surface area contributed by atoms with Gasteiger partial charge in [0.25, 0.3) is 10.2 Å². The van der Waals surface area contributed by atoms with Crippen LogP contribution in [-0.2, 0) is 25.0 Å². The molecule has 1 aromatic heterocycles. The second-order valence-electron chi connectivity index (χ2n) is 8.00. The van der Waals surface area contributed by atoms with Crippen LogP contribution in [0.5, 0.6) is 11.5 Å². The third-order valence-corrected chi connectivity index (χ3v) is 7.47. The summed E-state index contributed by atoms with van der Waals surface area (Å²) < 4.78 is 63.5. The third-order valence-electron chi connectivity index (χ3n) is 5.39. The molecule has 12 nitrogen and oxygen atoms in total. The molecule has 3 rings (SSSR count). The summed E-state index contributed by atoms with van der Waals surface area (Å²) in [6.07, 6.45) is 2.33. The largest absolute Gasteiger partial charge is 0.493 e. The highest BCUT2D eigenvalue weighted by atomic mass is 32.2. The standard InChI is InChI=1S/C23H29N5O7S2/c1-34-20-12-11-17(15-21(20)35-2)36(30,31)28-19(9-3-4-14-26-37(24,32)33)23(29)27-18-10-5-7-16-8-6-13-25-22(16)18/h5-8,10-13,15,19,26,28H,3-4,9,14H2,1-2H3,(H,27,29)(H2,24,32,33)/t19-/m0/s1. The number of aromatic nitrogens is 1. The normalized spacial score (nSPS) is 12.7. The lowest BCUT2D eigenvalue weighted by Crippen LogP contribution is -2.43. The Morgan fingerprint density at radius 1 is 1.00 bits per heavy atom. The fourth-order valence-corrected chi connectivity index (χ4v) is 5.27. The Kier molecular flexibility index (Phi) is 9.39. The number of hydrogen-bond acceptors (Lipinski definition) is 8. The van der Waals surface area contributed by atoms with E-state index in [1.54, 1.807) is 24.4 Å². The van der Waals surface area contributed by atoms with Crippen LogP contribution in [0.2, 0.25) is 0 Å². The van der Waals surface area contributed by atoms with Crippen molar-refractivity contribution in [2.75, 3.05) is 26.1 Å². The van der Waals surface area contributed by atoms with Crippen LogP contribution in [0.3, 0.4) is 0 Å². The number of ether oxygens (including phenoxy) is 2. The number of hydrogen-bond donors (Lipinski definition) is 4. The zero-order chi connectivity index (χ0) is 27.1. The number of amides is 1. The lowest BCUT2D eigenvalue weighted by atomic mass is 10.1. The van der Waals surface area contributed by atoms with Crippen molar-refractivity contribution >= 4 is 42.7 Å². The van der Waals surface area contributed by atoms with Crippen LogP contribution in [0.1, 0.15) is 19.3 Å². The number of nitrogens with two attached hydrogens (primary N) is 1. The monoisotopic (exact) mass is 551 g/mol. The van der Waals surface area contributed by atoms with Crippen molar-refractivity contribution < 1.29 is 31.1 Å². The molecule has 0 radical (unpaired) electrons. The molecular weight excluding hydrogens is 522 g/mol. The first kappa shape index (κ1) is 28.3. The van der Waals surface area contributed by atoms with E-state index in [0.29, 0.717) is 29.8 Å². The van der Waals surface area contributed by atoms with Gasteiger partial charge < -0.3 is 14.8 Å². The maximum Gasteiger partial charge on any atom is 0.274 e. The molecule has 5 N–H and O–H groups in total. The Morgan fingerprint density at radius 3 is 2.43 bits per heavy atom. The average molecular weight is 552 g/mol. The van der Waals surface area contributed by atoms with Crippen molar-refractivity contribution in [1.82, 2.24) is 14.4 Å². The molecule has 1 amide bonds. The van der Waals surface area contributed by atoms with Gasteiger partial charge in [0.05, 0.1) is 30.3 Å². The van der Waals surface area contributed by atoms with Gasteiger partial charge in [0, 0.05) is 24.2 Å². The SMILES string of the molecule is COc1ccc(S(=O)(=O)N[C@@H](CCCCNS(N)(=O)=O)C(=O)Nc2cccc3cccnc23)cc1OC. The quantitative estimate of drug-likeness (QED) is 0.231. The third kappa shape index (κ3) is 7.84. The van der Waals surface area contributed by atoms with Crippen LogP contribution in [0.25, 0.3) is 10.9 Å². The second-order valence-corrected chi connectivity index (χ2v) is 11.1. The molecule has 0 unspecified atom stereocenters. The first-order valence-corrected chi connectivity index (χ1v) is 14.2. The summed E-state index contributed by atoms with van der Waals surface area (Å²) in [5.41, 5.74) is 0.978. The van der Waals surface area contributed by atoms with Crippen molar-refractivity contribution in [3.63, 3.8) is 0 Å². The number of unbranched alkanes of at least 4 members (excludes halogenated alkanes) is 1. The number of sulfonamides is 1. The van der Waals surface area contributed by atoms with E-state index in [9.17, 15) is 21.6 Å². The first-order chi connectivity index (χ1) is 17.5. The van der Waals surface area contributed by atoms with Crippen LogP contribution in [0.15, 0.2) is 59.6 Å². The second kappa shape index (κ2) is 12.3. The summed E-state index contributed by atoms with van der Waals surface area (Å²) in [5.74, 6) is -0.0366. The molecule has 0 aliphatic rings. The Balaban J connectivity index is 1.83. The Hall–Kier alpha value is -3.30. The molecular formula is C23H29N5O7S2. The molecule has 0 aliphatic carbocycles. The van der Waals surface area contributed by atoms with Gasteiger partial charge in [-0.1, -0.05) is 24.6 Å². The lowest BCUT2D eigenvalue weighted by Gasteiger charge is -2.19. The number of carbonyl (C=O) groups excluding carboxylic acids is 1. The smallest absolute Gasteiger partial charge is 0.274 e. The van der Waals surface area contributed by atoms with Crippen molar-refractivity contribution in [1.29, 1.82) is 0 Å². The van der Waals surface area contributed by atoms with E-state index >= 15 is 0 Å². The van der Waals surface area contributed by atoms with Gasteiger partial charge in [0.1, 0.15) is 6.04 Å². The van der Waals surface area contributed by atoms with Gasteiger partial charge in [0.15, 0.2) is 11.5 Å². The number of fused-ring (bicyclic) bond motifs is 1. The number of nitrogens with zero attached hydrogens (tertiary/aromatic N) is 1. The molecule has 0 saturated carbocycles. The molecule has 0 spiro atoms. The molecule has 3 aromatic rings. The number of pyridine rings is 1. The van der Waals surface area contributed by atoms with Gasteiger partial charge in [0.2, 0.25) is 15.9 Å². The molecule has 1 heterocycles. The number of methoxy groups -OCH3 is 2. The van der Waals surface area contributed by atoms with Gasteiger partial charge in [-0.2, -0.15) is 13.1 Å². The molecule has 0 bridgehead atoms. The summed E-state index contributed by atoms with van der Waals surface area (Å²) in [6, 6.07) is 11.8. The summed E-state index contributed by atoms with van der Waals surface area (Å²) in [6.45, 7) is 0.0445. The molecule has 1 atom stereocenters. The maximum absolute atomic E-state index is 13.3. The fraction of sp³-hybridized carbons (Fsp3) is 0.304. The molecule has 0 fully saturated rings. The van der Waals surface area contributed by atoms with Crippen molar-refractivity contribution in [3.8, 4) is 11.5 Å². The molecule has 0 saturated heterocycles. The zero-order valence-electron chi connectivity index (χ0n) is 20.3. The Labute approximate surface area is 215 Å². The molecule has 37 heavy (non-hydrogen) atoms. The topological polar surface area (TPSA) is 179 Å². The minimum absolute atomic E-state index is 0.0445. The fourth-order valence-electron chi connectivity index (χ4n) is 3.60. The van der Waals surface area contributed by atoms with Crippen molar-refractivity contribution in [2.45, 2.75) is 30.2 Å². The van der Waals surface area contributed by atoms with E-state index in [1.165, 1.54) is 32.4 Å². The van der Waals surface area contributed by atoms with Crippen molar-refractivity contribution in [3.05, 3.63) is 54.7 Å². The van der Waals surface area contributed by atoms with E-state index < -0.39 is 32.2 Å². The maximum atomic E-state index is 13.3. The van der Waals surface area contributed by atoms with E-state index in [1.807, 2.05) is 12.1 Å². The highest BCUT2D eigenvalue weighted by Gasteiger charge is 2.27. The van der Waals surface area contributed by atoms with Gasteiger partial charge in [-0.15, -0.1) is 0 Å². The number of para-hydroxylation sites is 1. The number of rotatable bonds is 13. The van der Waals surface area contributed by atoms with Crippen LogP contribution in [-0.4, -0.2) is 54.5 Å². The van der Waals surface area contributed by atoms with Crippen molar-refractivity contribution in [2.24, 2.45) is 5.14 Å². The number of anilines is 1. The Bertz CT molecular complexity index is 1460. The summed E-state index contributed by atoms with van der Waals surface area (Å²) in [7, 11) is -5.20. The predicted octanol–water partition coefficient (Wildman–Crippen LogP) is 1.50. The molecule has 2 aromatic carbocycles. The van der Waals surface area contributed by atoms with Gasteiger partial charge >= 0.3 is 0 Å². The average Bonchev–Trinajstić information content (AvgIpc) is 2.86. The summed E-state index contributed by atoms with van der Waals surface area (Å²) >= 11 is 0. The van der Waals surface area contributed by atoms with Crippen LogP contribution < -0.4 is 29.4 Å². The molecule has 0 aliphatic heterocycles. The van der Waals surface area contributed by atoms with Crippen LogP contribution in [0, 0.1) is 0 Å². The number of benzene rings is 2. The van der Waals surface area contributed by atoms with E-state index in [2.05, 4.69) is 19.7 Å². The van der Waals surface area contributed by atoms with E-state index in [0.717, 1.165) is 5.39 Å². The van der Waals surface area contributed by atoms with E-state index in [-0.39, 0.29) is 23.6 Å². The highest BCUT2D eigenvalue weighted by Crippen LogP contribution is 2.29. The highest BCUT2D eigenvalue weighted by molar-refractivity contribution is 7.89. The Morgan fingerprint density at radius 2 is 1.73 bits per heavy atom. The van der Waals surface area contributed by atoms with E-state index in [4.69, 9.17) is 14.6 Å². The predicted molar refractivity (Wildman–Crippen MR) is 139 cm³/mol. The zero-order valence-corrected chi connectivity index (χ0v) is 21.9. The minimum Gasteiger partial charge on any atom is -0.493 e. The van der Waals surface area contributed by atoms with Gasteiger partial charge in [-0.05, 0) is 37.1 Å². The van der Waals surface area contributed by atoms with Gasteiger partial charge in [-0.25, -0.2) is 18.3 Å². The minimum atomic E-state index is -4.16. The summed E-state index contributed by atoms with van der Waals surface area (Å²) in [5, 5.41) is 8.49. The number of carbonyl (C=O) groups is 1. The first-order valence-electron chi connectivity index (χ1n) is 11.2. The van der Waals surface area contributed by atoms with Crippen LogP contribution in [0.4, 0.5) is 5.69 Å². The number of nitrogens with one attached hydrogen (secondary N) is 3. The summed E-state index contributed by atoms with van der Waals surface area (Å²) in [4.78, 5) is 17.5. The molecule has 14 heteroatoms. The molecule has 200 valence electrons. The van der Waals surface area contributed by atoms with Gasteiger partial charge in [-0.3, -0.25) is 9.78 Å². The van der Waals surface area contributed by atoms with Crippen LogP contribution >= 0.6 is 0 Å².